The fraction of sp³-hybridized carbons (Fsp3) is 0.179. The summed E-state index contributed by atoms with van der Waals surface area (Å²) in [6.45, 7) is 2.97. The summed E-state index contributed by atoms with van der Waals surface area (Å²) in [6.07, 6.45) is 0. The number of anilines is 3. The van der Waals surface area contributed by atoms with Crippen LogP contribution in [0.25, 0.3) is 10.8 Å². The molecule has 10 heteroatoms. The van der Waals surface area contributed by atoms with Crippen LogP contribution in [0.2, 0.25) is 5.02 Å². The van der Waals surface area contributed by atoms with Gasteiger partial charge in [0.1, 0.15) is 0 Å². The Balaban J connectivity index is 1.48. The zero-order valence-corrected chi connectivity index (χ0v) is 21.7. The van der Waals surface area contributed by atoms with E-state index in [2.05, 4.69) is 11.0 Å². The quantitative estimate of drug-likeness (QED) is 0.399. The third-order valence-electron chi connectivity index (χ3n) is 7.16. The Morgan fingerprint density at radius 1 is 0.921 bits per heavy atom. The van der Waals surface area contributed by atoms with Crippen LogP contribution >= 0.6 is 11.6 Å². The number of rotatable bonds is 4. The number of carbonyl (C=O) groups excluding carboxylic acids is 1. The van der Waals surface area contributed by atoms with Gasteiger partial charge in [0.15, 0.2) is 5.60 Å². The van der Waals surface area contributed by atoms with Crippen LogP contribution in [0.3, 0.4) is 0 Å². The first-order chi connectivity index (χ1) is 18.2. The molecule has 0 aromatic heterocycles. The molecule has 0 saturated carbocycles. The SMILES string of the molecule is NS(=O)(=O)c1ccc(C2(O)C(=O)N(c3cccc4cc(N5CCOCC5)ccc34)c3ccc(Cl)cc32)cc1. The molecular weight excluding hydrogens is 526 g/mol. The van der Waals surface area contributed by atoms with Gasteiger partial charge >= 0.3 is 0 Å². The lowest BCUT2D eigenvalue weighted by molar-refractivity contribution is -0.131. The summed E-state index contributed by atoms with van der Waals surface area (Å²) in [6, 6.07) is 22.1. The van der Waals surface area contributed by atoms with Crippen LogP contribution in [0.15, 0.2) is 83.8 Å². The monoisotopic (exact) mass is 549 g/mol. The summed E-state index contributed by atoms with van der Waals surface area (Å²) in [7, 11) is -3.94. The maximum absolute atomic E-state index is 14.1. The van der Waals surface area contributed by atoms with Gasteiger partial charge in [-0.05, 0) is 59.5 Å². The molecule has 0 radical (unpaired) electrons. The molecule has 1 atom stereocenters. The first-order valence-corrected chi connectivity index (χ1v) is 14.0. The maximum Gasteiger partial charge on any atom is 0.273 e. The van der Waals surface area contributed by atoms with Crippen LogP contribution in [0.4, 0.5) is 17.1 Å². The van der Waals surface area contributed by atoms with Crippen molar-refractivity contribution in [2.75, 3.05) is 36.1 Å². The second kappa shape index (κ2) is 9.07. The number of hydrogen-bond donors (Lipinski definition) is 2. The van der Waals surface area contributed by atoms with E-state index in [0.29, 0.717) is 35.2 Å². The van der Waals surface area contributed by atoms with Crippen LogP contribution in [-0.2, 0) is 25.2 Å². The number of halogens is 1. The van der Waals surface area contributed by atoms with Gasteiger partial charge in [-0.3, -0.25) is 9.69 Å². The number of nitrogens with zero attached hydrogens (tertiary/aromatic N) is 2. The van der Waals surface area contributed by atoms with Crippen molar-refractivity contribution in [3.63, 3.8) is 0 Å². The molecule has 194 valence electrons. The molecule has 38 heavy (non-hydrogen) atoms. The lowest BCUT2D eigenvalue weighted by Gasteiger charge is -2.29. The van der Waals surface area contributed by atoms with Crippen molar-refractivity contribution in [2.24, 2.45) is 5.14 Å². The minimum atomic E-state index is -3.94. The smallest absolute Gasteiger partial charge is 0.273 e. The van der Waals surface area contributed by atoms with Crippen LogP contribution in [0, 0.1) is 0 Å². The molecule has 4 aromatic rings. The van der Waals surface area contributed by atoms with E-state index in [4.69, 9.17) is 21.5 Å². The topological polar surface area (TPSA) is 113 Å². The number of primary sulfonamides is 1. The van der Waals surface area contributed by atoms with Crippen LogP contribution in [0.1, 0.15) is 11.1 Å². The number of morpholine rings is 1. The highest BCUT2D eigenvalue weighted by molar-refractivity contribution is 7.89. The van der Waals surface area contributed by atoms with Crippen molar-refractivity contribution in [1.82, 2.24) is 0 Å². The van der Waals surface area contributed by atoms with E-state index < -0.39 is 21.5 Å². The van der Waals surface area contributed by atoms with E-state index >= 15 is 0 Å². The van der Waals surface area contributed by atoms with E-state index in [9.17, 15) is 18.3 Å². The molecule has 1 unspecified atom stereocenters. The normalized spacial score (nSPS) is 19.7. The van der Waals surface area contributed by atoms with E-state index in [-0.39, 0.29) is 10.5 Å². The van der Waals surface area contributed by atoms with E-state index in [1.165, 1.54) is 29.2 Å². The first-order valence-electron chi connectivity index (χ1n) is 12.0. The number of aliphatic hydroxyl groups is 1. The second-order valence-corrected chi connectivity index (χ2v) is 11.4. The number of fused-ring (bicyclic) bond motifs is 2. The van der Waals surface area contributed by atoms with Gasteiger partial charge in [-0.2, -0.15) is 0 Å². The van der Waals surface area contributed by atoms with Crippen molar-refractivity contribution < 1.29 is 23.1 Å². The molecular formula is C28H24ClN3O5S. The van der Waals surface area contributed by atoms with Gasteiger partial charge < -0.3 is 14.7 Å². The van der Waals surface area contributed by atoms with E-state index in [1.54, 1.807) is 18.2 Å². The largest absolute Gasteiger partial charge is 0.378 e. The van der Waals surface area contributed by atoms with Crippen molar-refractivity contribution in [1.29, 1.82) is 0 Å². The summed E-state index contributed by atoms with van der Waals surface area (Å²) in [5, 5.41) is 19.3. The molecule has 2 heterocycles. The number of ether oxygens (including phenoxy) is 1. The zero-order valence-electron chi connectivity index (χ0n) is 20.2. The Kier molecular flexibility index (Phi) is 5.93. The summed E-state index contributed by atoms with van der Waals surface area (Å²) in [4.78, 5) is 17.7. The predicted octanol–water partition coefficient (Wildman–Crippen LogP) is 3.89. The van der Waals surface area contributed by atoms with E-state index in [1.807, 2.05) is 30.3 Å². The average molecular weight is 550 g/mol. The lowest BCUT2D eigenvalue weighted by atomic mass is 9.87. The molecule has 0 bridgehead atoms. The third-order valence-corrected chi connectivity index (χ3v) is 8.32. The van der Waals surface area contributed by atoms with Gasteiger partial charge in [-0.25, -0.2) is 13.6 Å². The minimum absolute atomic E-state index is 0.122. The molecule has 1 fully saturated rings. The van der Waals surface area contributed by atoms with Gasteiger partial charge in [-0.15, -0.1) is 0 Å². The van der Waals surface area contributed by atoms with Crippen LogP contribution in [-0.4, -0.2) is 45.7 Å². The van der Waals surface area contributed by atoms with Crippen LogP contribution < -0.4 is 14.9 Å². The number of sulfonamides is 1. The van der Waals surface area contributed by atoms with Gasteiger partial charge in [0, 0.05) is 34.7 Å². The Labute approximate surface area is 224 Å². The van der Waals surface area contributed by atoms with Crippen molar-refractivity contribution in [2.45, 2.75) is 10.5 Å². The number of benzene rings is 4. The van der Waals surface area contributed by atoms with Gasteiger partial charge in [0.2, 0.25) is 10.0 Å². The third kappa shape index (κ3) is 3.95. The summed E-state index contributed by atoms with van der Waals surface area (Å²) in [5.41, 5.74) is 0.594. The van der Waals surface area contributed by atoms with Gasteiger partial charge in [0.25, 0.3) is 5.91 Å². The molecule has 2 aliphatic heterocycles. The van der Waals surface area contributed by atoms with Crippen molar-refractivity contribution >= 4 is 55.4 Å². The number of carbonyl (C=O) groups is 1. The Morgan fingerprint density at radius 3 is 2.37 bits per heavy atom. The summed E-state index contributed by atoms with van der Waals surface area (Å²) >= 11 is 6.30. The second-order valence-electron chi connectivity index (χ2n) is 9.36. The molecule has 0 spiro atoms. The lowest BCUT2D eigenvalue weighted by Crippen LogP contribution is -2.39. The maximum atomic E-state index is 14.1. The Bertz CT molecular complexity index is 1690. The molecule has 8 nitrogen and oxygen atoms in total. The van der Waals surface area contributed by atoms with Gasteiger partial charge in [0.05, 0.1) is 29.5 Å². The molecule has 1 amide bonds. The molecule has 3 N–H and O–H groups in total. The molecule has 4 aromatic carbocycles. The molecule has 0 aliphatic carbocycles. The van der Waals surface area contributed by atoms with Crippen molar-refractivity contribution in [3.8, 4) is 0 Å². The highest BCUT2D eigenvalue weighted by Gasteiger charge is 2.52. The molecule has 1 saturated heterocycles. The van der Waals surface area contributed by atoms with Crippen molar-refractivity contribution in [3.05, 3.63) is 95.0 Å². The highest BCUT2D eigenvalue weighted by atomic mass is 35.5. The Morgan fingerprint density at radius 2 is 1.66 bits per heavy atom. The highest BCUT2D eigenvalue weighted by Crippen LogP contribution is 2.50. The number of amides is 1. The number of nitrogens with two attached hydrogens (primary N) is 1. The summed E-state index contributed by atoms with van der Waals surface area (Å²) < 4.78 is 29.0. The first kappa shape index (κ1) is 24.8. The fourth-order valence-corrected chi connectivity index (χ4v) is 5.94. The minimum Gasteiger partial charge on any atom is -0.378 e. The van der Waals surface area contributed by atoms with Gasteiger partial charge in [-0.1, -0.05) is 41.9 Å². The summed E-state index contributed by atoms with van der Waals surface area (Å²) in [5.74, 6) is -0.595. The molecule has 6 rings (SSSR count). The number of hydrogen-bond acceptors (Lipinski definition) is 6. The Hall–Kier alpha value is -3.47. The van der Waals surface area contributed by atoms with Crippen LogP contribution in [0.5, 0.6) is 0 Å². The standard InChI is InChI=1S/C28H24ClN3O5S/c29-20-6-11-26-24(17-20)28(34,19-4-8-22(9-5-19)38(30,35)36)27(33)32(26)25-3-1-2-18-16-21(7-10-23(18)25)31-12-14-37-15-13-31/h1-11,16-17,34H,12-15H2,(H2,30,35,36). The molecule has 2 aliphatic rings. The zero-order chi connectivity index (χ0) is 26.7. The average Bonchev–Trinajstić information content (AvgIpc) is 3.14. The predicted molar refractivity (Wildman–Crippen MR) is 146 cm³/mol. The fourth-order valence-electron chi connectivity index (χ4n) is 5.25. The van der Waals surface area contributed by atoms with E-state index in [0.717, 1.165) is 29.5 Å².